The van der Waals surface area contributed by atoms with Gasteiger partial charge in [0.15, 0.2) is 0 Å². The molecule has 0 fully saturated rings. The van der Waals surface area contributed by atoms with Gasteiger partial charge in [-0.25, -0.2) is 4.39 Å². The highest BCUT2D eigenvalue weighted by Crippen LogP contribution is 2.22. The number of esters is 1. The lowest BCUT2D eigenvalue weighted by molar-refractivity contribution is -0.142. The second kappa shape index (κ2) is 5.47. The lowest BCUT2D eigenvalue weighted by Gasteiger charge is -2.06. The predicted octanol–water partition coefficient (Wildman–Crippen LogP) is 2.46. The first kappa shape index (κ1) is 12.5. The summed E-state index contributed by atoms with van der Waals surface area (Å²) in [4.78, 5) is 11.2. The molecule has 16 heavy (non-hydrogen) atoms. The molecule has 0 amide bonds. The summed E-state index contributed by atoms with van der Waals surface area (Å²) in [6, 6.07) is 4.46. The van der Waals surface area contributed by atoms with Crippen LogP contribution in [0.25, 0.3) is 0 Å². The number of nitriles is 1. The number of ether oxygens (including phenoxy) is 1. The molecule has 0 heterocycles. The van der Waals surface area contributed by atoms with Crippen molar-refractivity contribution in [1.82, 2.24) is 0 Å². The van der Waals surface area contributed by atoms with Crippen molar-refractivity contribution in [3.8, 4) is 6.07 Å². The lowest BCUT2D eigenvalue weighted by atomic mass is 10.0. The van der Waals surface area contributed by atoms with Gasteiger partial charge in [0.1, 0.15) is 5.82 Å². The summed E-state index contributed by atoms with van der Waals surface area (Å²) in [7, 11) is 0. The molecule has 84 valence electrons. The highest BCUT2D eigenvalue weighted by atomic mass is 35.5. The molecule has 0 saturated heterocycles. The molecule has 1 aromatic carbocycles. The van der Waals surface area contributed by atoms with E-state index in [4.69, 9.17) is 16.9 Å². The van der Waals surface area contributed by atoms with E-state index in [0.29, 0.717) is 0 Å². The summed E-state index contributed by atoms with van der Waals surface area (Å²) in [5.74, 6) is -1.33. The number of carbonyl (C=O) groups is 1. The van der Waals surface area contributed by atoms with Crippen LogP contribution in [0.5, 0.6) is 0 Å². The van der Waals surface area contributed by atoms with Crippen molar-refractivity contribution in [3.63, 3.8) is 0 Å². The van der Waals surface area contributed by atoms with Crippen LogP contribution in [-0.2, 0) is 16.0 Å². The van der Waals surface area contributed by atoms with Crippen molar-refractivity contribution >= 4 is 17.6 Å². The SMILES string of the molecule is CCOC(=O)Cc1c(C#N)ccc(Cl)c1F. The van der Waals surface area contributed by atoms with Gasteiger partial charge >= 0.3 is 5.97 Å². The monoisotopic (exact) mass is 241 g/mol. The molecule has 0 saturated carbocycles. The molecule has 1 rings (SSSR count). The molecule has 0 atom stereocenters. The molecule has 0 aliphatic heterocycles. The summed E-state index contributed by atoms with van der Waals surface area (Å²) in [5, 5.41) is 8.65. The Labute approximate surface area is 97.4 Å². The summed E-state index contributed by atoms with van der Waals surface area (Å²) >= 11 is 5.57. The van der Waals surface area contributed by atoms with E-state index in [-0.39, 0.29) is 29.2 Å². The molecule has 5 heteroatoms. The molecule has 0 N–H and O–H groups in total. The second-order valence-corrected chi connectivity index (χ2v) is 3.39. The van der Waals surface area contributed by atoms with E-state index in [9.17, 15) is 9.18 Å². The van der Waals surface area contributed by atoms with E-state index >= 15 is 0 Å². The molecule has 3 nitrogen and oxygen atoms in total. The van der Waals surface area contributed by atoms with Crippen LogP contribution in [-0.4, -0.2) is 12.6 Å². The molecule has 0 bridgehead atoms. The van der Waals surface area contributed by atoms with Crippen molar-refractivity contribution in [2.75, 3.05) is 6.61 Å². The van der Waals surface area contributed by atoms with Crippen molar-refractivity contribution in [3.05, 3.63) is 34.1 Å². The number of hydrogen-bond acceptors (Lipinski definition) is 3. The Morgan fingerprint density at radius 3 is 2.88 bits per heavy atom. The second-order valence-electron chi connectivity index (χ2n) is 2.98. The number of benzene rings is 1. The van der Waals surface area contributed by atoms with Gasteiger partial charge in [0.25, 0.3) is 0 Å². The maximum atomic E-state index is 13.6. The minimum absolute atomic E-state index is 0.0200. The fraction of sp³-hybridized carbons (Fsp3) is 0.273. The fourth-order valence-electron chi connectivity index (χ4n) is 1.23. The summed E-state index contributed by atoms with van der Waals surface area (Å²) in [6.07, 6.45) is -0.289. The van der Waals surface area contributed by atoms with E-state index in [1.54, 1.807) is 13.0 Å². The number of rotatable bonds is 3. The van der Waals surface area contributed by atoms with E-state index in [0.717, 1.165) is 0 Å². The van der Waals surface area contributed by atoms with Crippen LogP contribution in [0.15, 0.2) is 12.1 Å². The van der Waals surface area contributed by atoms with Gasteiger partial charge in [-0.3, -0.25) is 4.79 Å². The molecule has 0 aliphatic carbocycles. The molecule has 1 aromatic rings. The van der Waals surface area contributed by atoms with Gasteiger partial charge in [-0.15, -0.1) is 0 Å². The average Bonchev–Trinajstić information content (AvgIpc) is 2.25. The Kier molecular flexibility index (Phi) is 4.27. The van der Waals surface area contributed by atoms with E-state index in [2.05, 4.69) is 4.74 Å². The molecular formula is C11H9ClFNO2. The zero-order chi connectivity index (χ0) is 12.1. The fourth-order valence-corrected chi connectivity index (χ4v) is 1.40. The van der Waals surface area contributed by atoms with E-state index in [1.807, 2.05) is 0 Å². The molecule has 0 aromatic heterocycles. The van der Waals surface area contributed by atoms with Crippen LogP contribution in [0.3, 0.4) is 0 Å². The first-order chi connectivity index (χ1) is 7.60. The molecule has 0 spiro atoms. The van der Waals surface area contributed by atoms with Gasteiger partial charge in [0.05, 0.1) is 29.7 Å². The number of hydrogen-bond donors (Lipinski definition) is 0. The molecule has 0 aliphatic rings. The Bertz CT molecular complexity index is 454. The highest BCUT2D eigenvalue weighted by Gasteiger charge is 2.16. The van der Waals surface area contributed by atoms with Crippen LogP contribution in [0.2, 0.25) is 5.02 Å². The molecule has 0 radical (unpaired) electrons. The number of halogens is 2. The third kappa shape index (κ3) is 2.71. The van der Waals surface area contributed by atoms with Gasteiger partial charge in [0, 0.05) is 5.56 Å². The highest BCUT2D eigenvalue weighted by molar-refractivity contribution is 6.30. The van der Waals surface area contributed by atoms with Crippen molar-refractivity contribution in [2.24, 2.45) is 0 Å². The first-order valence-electron chi connectivity index (χ1n) is 4.62. The Morgan fingerprint density at radius 2 is 2.31 bits per heavy atom. The van der Waals surface area contributed by atoms with Crippen LogP contribution in [0.4, 0.5) is 4.39 Å². The topological polar surface area (TPSA) is 50.1 Å². The smallest absolute Gasteiger partial charge is 0.310 e. The zero-order valence-electron chi connectivity index (χ0n) is 8.59. The van der Waals surface area contributed by atoms with Crippen molar-refractivity contribution in [1.29, 1.82) is 5.26 Å². The van der Waals surface area contributed by atoms with Crippen LogP contribution >= 0.6 is 11.6 Å². The van der Waals surface area contributed by atoms with Crippen LogP contribution in [0, 0.1) is 17.1 Å². The first-order valence-corrected chi connectivity index (χ1v) is 5.00. The van der Waals surface area contributed by atoms with Gasteiger partial charge in [-0.1, -0.05) is 11.6 Å². The Morgan fingerprint density at radius 1 is 1.62 bits per heavy atom. The minimum atomic E-state index is -0.742. The maximum absolute atomic E-state index is 13.6. The number of carbonyl (C=O) groups excluding carboxylic acids is 1. The third-order valence-corrected chi connectivity index (χ3v) is 2.23. The number of nitrogens with zero attached hydrogens (tertiary/aromatic N) is 1. The molecular weight excluding hydrogens is 233 g/mol. The van der Waals surface area contributed by atoms with E-state index in [1.165, 1.54) is 12.1 Å². The van der Waals surface area contributed by atoms with Crippen molar-refractivity contribution < 1.29 is 13.9 Å². The van der Waals surface area contributed by atoms with Crippen molar-refractivity contribution in [2.45, 2.75) is 13.3 Å². The summed E-state index contributed by atoms with van der Waals surface area (Å²) in [6.45, 7) is 1.86. The quantitative estimate of drug-likeness (QED) is 0.764. The predicted molar refractivity (Wildman–Crippen MR) is 56.5 cm³/mol. The van der Waals surface area contributed by atoms with Gasteiger partial charge in [0.2, 0.25) is 0 Å². The van der Waals surface area contributed by atoms with E-state index < -0.39 is 11.8 Å². The van der Waals surface area contributed by atoms with Gasteiger partial charge < -0.3 is 4.74 Å². The van der Waals surface area contributed by atoms with Gasteiger partial charge in [-0.2, -0.15) is 5.26 Å². The minimum Gasteiger partial charge on any atom is -0.466 e. The molecule has 0 unspecified atom stereocenters. The third-order valence-electron chi connectivity index (χ3n) is 1.94. The standard InChI is InChI=1S/C11H9ClFNO2/c1-2-16-10(15)5-8-7(6-14)3-4-9(12)11(8)13/h3-4H,2,5H2,1H3. The van der Waals surface area contributed by atoms with Gasteiger partial charge in [-0.05, 0) is 19.1 Å². The largest absolute Gasteiger partial charge is 0.466 e. The summed E-state index contributed by atoms with van der Waals surface area (Å²) < 4.78 is 18.2. The van der Waals surface area contributed by atoms with Crippen LogP contribution < -0.4 is 0 Å². The normalized spacial score (nSPS) is 9.62. The lowest BCUT2D eigenvalue weighted by Crippen LogP contribution is -2.10. The maximum Gasteiger partial charge on any atom is 0.310 e. The zero-order valence-corrected chi connectivity index (χ0v) is 9.34. The Balaban J connectivity index is 3.07. The average molecular weight is 242 g/mol. The Hall–Kier alpha value is -1.60. The van der Waals surface area contributed by atoms with Crippen LogP contribution in [0.1, 0.15) is 18.1 Å². The summed E-state index contributed by atoms with van der Waals surface area (Å²) in [5.41, 5.74) is 0.0726.